The van der Waals surface area contributed by atoms with Gasteiger partial charge < -0.3 is 4.90 Å². The third kappa shape index (κ3) is 2.40. The van der Waals surface area contributed by atoms with Crippen LogP contribution in [0.15, 0.2) is 34.0 Å². The van der Waals surface area contributed by atoms with Gasteiger partial charge in [-0.25, -0.2) is 9.62 Å². The quantitative estimate of drug-likeness (QED) is 0.724. The summed E-state index contributed by atoms with van der Waals surface area (Å²) in [5.74, 6) is 1.18. The maximum Gasteiger partial charge on any atom is 0.151 e. The first-order valence-electron chi connectivity index (χ1n) is 10.2. The van der Waals surface area contributed by atoms with E-state index in [9.17, 15) is 5.26 Å². The van der Waals surface area contributed by atoms with Crippen molar-refractivity contribution in [3.63, 3.8) is 0 Å². The summed E-state index contributed by atoms with van der Waals surface area (Å²) < 4.78 is 4.99. The highest BCUT2D eigenvalue weighted by Crippen LogP contribution is 2.48. The van der Waals surface area contributed by atoms with Gasteiger partial charge in [0.25, 0.3) is 0 Å². The fourth-order valence-corrected chi connectivity index (χ4v) is 5.83. The molecule has 3 aliphatic heterocycles. The van der Waals surface area contributed by atoms with Gasteiger partial charge in [0.1, 0.15) is 11.0 Å². The number of nitriles is 1. The molecule has 2 aromatic heterocycles. The fourth-order valence-electron chi connectivity index (χ4n) is 5.83. The van der Waals surface area contributed by atoms with Crippen molar-refractivity contribution in [3.8, 4) is 6.07 Å². The Bertz CT molecular complexity index is 1160. The van der Waals surface area contributed by atoms with Gasteiger partial charge in [-0.1, -0.05) is 12.1 Å². The van der Waals surface area contributed by atoms with Crippen molar-refractivity contribution < 1.29 is 4.63 Å². The van der Waals surface area contributed by atoms with E-state index in [1.807, 2.05) is 18.2 Å². The molecule has 3 aromatic rings. The summed E-state index contributed by atoms with van der Waals surface area (Å²) in [6.45, 7) is 1.15. The second kappa shape index (κ2) is 6.22. The molecule has 4 aliphatic rings. The number of hydrogen-bond donors (Lipinski definition) is 1. The first kappa shape index (κ1) is 16.9. The Labute approximate surface area is 167 Å². The lowest BCUT2D eigenvalue weighted by Gasteiger charge is -2.50. The van der Waals surface area contributed by atoms with E-state index in [0.29, 0.717) is 28.9 Å². The lowest BCUT2D eigenvalue weighted by molar-refractivity contribution is 0.0454. The van der Waals surface area contributed by atoms with Gasteiger partial charge in [0, 0.05) is 35.7 Å². The first-order valence-corrected chi connectivity index (χ1v) is 10.2. The zero-order valence-corrected chi connectivity index (χ0v) is 16.1. The number of H-pyrrole nitrogens is 1. The lowest BCUT2D eigenvalue weighted by atomic mass is 9.65. The highest BCUT2D eigenvalue weighted by molar-refractivity contribution is 5.97. The van der Waals surface area contributed by atoms with E-state index in [4.69, 9.17) is 9.62 Å². The molecule has 5 atom stereocenters. The number of nitrogens with one attached hydrogen (secondary N) is 1. The Hall–Kier alpha value is -3.05. The van der Waals surface area contributed by atoms with Gasteiger partial charge in [0.05, 0.1) is 18.2 Å². The number of nitrogens with zero attached hydrogens (tertiary/aromatic N) is 6. The third-order valence-electron chi connectivity index (χ3n) is 7.08. The van der Waals surface area contributed by atoms with E-state index in [-0.39, 0.29) is 11.8 Å². The molecule has 7 rings (SSSR count). The highest BCUT2D eigenvalue weighted by Gasteiger charge is 2.47. The molecule has 1 saturated carbocycles. The monoisotopic (exact) mass is 387 g/mol. The molecule has 0 spiro atoms. The Morgan fingerprint density at radius 1 is 1.24 bits per heavy atom. The van der Waals surface area contributed by atoms with Crippen molar-refractivity contribution in [3.05, 3.63) is 35.5 Å². The molecular formula is C21H21N7O. The molecule has 1 aromatic carbocycles. The Balaban J connectivity index is 1.51. The van der Waals surface area contributed by atoms with Gasteiger partial charge in [-0.15, -0.1) is 0 Å². The zero-order valence-electron chi connectivity index (χ0n) is 16.1. The summed E-state index contributed by atoms with van der Waals surface area (Å²) in [6, 6.07) is 8.87. The Kier molecular flexibility index (Phi) is 3.62. The van der Waals surface area contributed by atoms with Crippen LogP contribution in [0.5, 0.6) is 0 Å². The number of benzene rings is 1. The zero-order chi connectivity index (χ0) is 19.5. The summed E-state index contributed by atoms with van der Waals surface area (Å²) in [5, 5.41) is 25.7. The third-order valence-corrected chi connectivity index (χ3v) is 7.08. The van der Waals surface area contributed by atoms with Crippen molar-refractivity contribution in [2.75, 3.05) is 13.6 Å². The smallest absolute Gasteiger partial charge is 0.151 e. The molecule has 8 nitrogen and oxygen atoms in total. The maximum absolute atomic E-state index is 10.3. The summed E-state index contributed by atoms with van der Waals surface area (Å²) in [6.07, 6.45) is 5.35. The minimum Gasteiger partial charge on any atom is -0.302 e. The Morgan fingerprint density at radius 3 is 3.00 bits per heavy atom. The van der Waals surface area contributed by atoms with Crippen LogP contribution in [-0.2, 0) is 0 Å². The molecule has 29 heavy (non-hydrogen) atoms. The first-order chi connectivity index (χ1) is 14.2. The van der Waals surface area contributed by atoms with Crippen LogP contribution >= 0.6 is 0 Å². The minimum atomic E-state index is -0.361. The van der Waals surface area contributed by atoms with Crippen LogP contribution in [-0.4, -0.2) is 50.8 Å². The molecule has 2 unspecified atom stereocenters. The second-order valence-electron chi connectivity index (χ2n) is 8.57. The molecule has 8 heteroatoms. The molecule has 0 radical (unpaired) electrons. The van der Waals surface area contributed by atoms with Crippen molar-refractivity contribution in [2.45, 2.75) is 31.2 Å². The molecular weight excluding hydrogens is 366 g/mol. The number of aromatic nitrogens is 4. The topological polar surface area (TPSA) is 107 Å². The van der Waals surface area contributed by atoms with Crippen molar-refractivity contribution >= 4 is 22.6 Å². The van der Waals surface area contributed by atoms with E-state index >= 15 is 0 Å². The average molecular weight is 387 g/mol. The molecule has 2 bridgehead atoms. The molecule has 146 valence electrons. The van der Waals surface area contributed by atoms with Crippen LogP contribution in [0.25, 0.3) is 11.0 Å². The van der Waals surface area contributed by atoms with Crippen LogP contribution in [0, 0.1) is 29.1 Å². The number of aromatic amines is 1. The second-order valence-corrected chi connectivity index (χ2v) is 8.57. The van der Waals surface area contributed by atoms with E-state index in [1.54, 1.807) is 6.20 Å². The summed E-state index contributed by atoms with van der Waals surface area (Å²) in [7, 11) is 2.20. The molecule has 3 fully saturated rings. The van der Waals surface area contributed by atoms with Gasteiger partial charge in [0.2, 0.25) is 0 Å². The van der Waals surface area contributed by atoms with Gasteiger partial charge >= 0.3 is 0 Å². The SMILES string of the molecule is CN1C[C@@H]2CC[C@H]1[C@@H](C1=Nc3[nH]ncc3C(c3cccc4nonc34)C1C#N)C2. The van der Waals surface area contributed by atoms with Crippen LogP contribution in [0.2, 0.25) is 0 Å². The van der Waals surface area contributed by atoms with Gasteiger partial charge in [-0.3, -0.25) is 5.10 Å². The fraction of sp³-hybridized carbons (Fsp3) is 0.476. The highest BCUT2D eigenvalue weighted by atomic mass is 16.6. The van der Waals surface area contributed by atoms with Crippen LogP contribution < -0.4 is 0 Å². The van der Waals surface area contributed by atoms with E-state index in [1.165, 1.54) is 12.8 Å². The van der Waals surface area contributed by atoms with E-state index in [0.717, 1.165) is 35.6 Å². The van der Waals surface area contributed by atoms with E-state index < -0.39 is 0 Å². The van der Waals surface area contributed by atoms with Gasteiger partial charge in [-0.05, 0) is 54.2 Å². The predicted octanol–water partition coefficient (Wildman–Crippen LogP) is 3.03. The van der Waals surface area contributed by atoms with Crippen molar-refractivity contribution in [2.24, 2.45) is 22.7 Å². The maximum atomic E-state index is 10.3. The van der Waals surface area contributed by atoms with Crippen molar-refractivity contribution in [1.29, 1.82) is 5.26 Å². The summed E-state index contributed by atoms with van der Waals surface area (Å²) in [4.78, 5) is 7.43. The van der Waals surface area contributed by atoms with Gasteiger partial charge in [-0.2, -0.15) is 10.4 Å². The number of hydrogen-bond acceptors (Lipinski definition) is 7. The lowest BCUT2D eigenvalue weighted by Crippen LogP contribution is -2.54. The summed E-state index contributed by atoms with van der Waals surface area (Å²) >= 11 is 0. The standard InChI is InChI=1S/C21H21N7O/c1-28-10-11-5-6-17(28)13(7-11)19-14(8-22)18(15-9-23-25-21(15)24-19)12-3-2-4-16-20(12)27-29-26-16/h2-4,9,11,13-14,17-18H,5-7,10H2,1H3,(H,23,25)/t11-,13+,14?,17+,18?/m1/s1. The van der Waals surface area contributed by atoms with E-state index in [2.05, 4.69) is 38.5 Å². The number of aliphatic imine (C=N–C) groups is 1. The molecule has 1 N–H and O–H groups in total. The molecule has 0 amide bonds. The minimum absolute atomic E-state index is 0.192. The Morgan fingerprint density at radius 2 is 2.17 bits per heavy atom. The van der Waals surface area contributed by atoms with Crippen LogP contribution in [0.3, 0.4) is 0 Å². The molecule has 5 heterocycles. The number of fused-ring (bicyclic) bond motifs is 5. The molecule has 2 saturated heterocycles. The summed E-state index contributed by atoms with van der Waals surface area (Å²) in [5.41, 5.74) is 4.27. The normalized spacial score (nSPS) is 31.4. The average Bonchev–Trinajstić information content (AvgIpc) is 3.41. The number of piperidine rings is 2. The largest absolute Gasteiger partial charge is 0.302 e. The van der Waals surface area contributed by atoms with Gasteiger partial charge in [0.15, 0.2) is 5.82 Å². The van der Waals surface area contributed by atoms with Crippen molar-refractivity contribution in [1.82, 2.24) is 25.4 Å². The van der Waals surface area contributed by atoms with Crippen LogP contribution in [0.4, 0.5) is 5.82 Å². The molecule has 1 aliphatic carbocycles. The predicted molar refractivity (Wildman–Crippen MR) is 106 cm³/mol. The van der Waals surface area contributed by atoms with Crippen LogP contribution in [0.1, 0.15) is 36.3 Å². The number of rotatable bonds is 2.